The first-order valence-corrected chi connectivity index (χ1v) is 7.86. The van der Waals surface area contributed by atoms with E-state index in [2.05, 4.69) is 12.2 Å². The lowest BCUT2D eigenvalue weighted by Gasteiger charge is -2.05. The Kier molecular flexibility index (Phi) is 7.32. The van der Waals surface area contributed by atoms with Crippen molar-refractivity contribution in [3.63, 3.8) is 0 Å². The Labute approximate surface area is 111 Å². The topological polar surface area (TPSA) is 49.3 Å². The molecule has 1 aromatic heterocycles. The van der Waals surface area contributed by atoms with Crippen LogP contribution in [0.25, 0.3) is 0 Å². The zero-order valence-electron chi connectivity index (χ0n) is 10.1. The summed E-state index contributed by atoms with van der Waals surface area (Å²) in [6.07, 6.45) is 1.72. The normalized spacial score (nSPS) is 10.5. The fourth-order valence-electron chi connectivity index (χ4n) is 1.40. The molecule has 0 saturated heterocycles. The maximum atomic E-state index is 11.8. The summed E-state index contributed by atoms with van der Waals surface area (Å²) in [7, 11) is 0. The van der Waals surface area contributed by atoms with Gasteiger partial charge in [-0.3, -0.25) is 4.79 Å². The number of thioether (sulfide) groups is 1. The van der Waals surface area contributed by atoms with Crippen LogP contribution in [0.1, 0.15) is 28.6 Å². The number of carbonyl (C=O) groups excluding carboxylic acids is 1. The molecule has 0 unspecified atom stereocenters. The summed E-state index contributed by atoms with van der Waals surface area (Å²) in [4.78, 5) is 12.7. The highest BCUT2D eigenvalue weighted by molar-refractivity contribution is 7.99. The summed E-state index contributed by atoms with van der Waals surface area (Å²) < 4.78 is 0. The number of aryl methyl sites for hydroxylation is 1. The van der Waals surface area contributed by atoms with Crippen LogP contribution in [0, 0.1) is 0 Å². The fraction of sp³-hybridized carbons (Fsp3) is 0.583. The lowest BCUT2D eigenvalue weighted by atomic mass is 10.2. The van der Waals surface area contributed by atoms with E-state index < -0.39 is 0 Å². The minimum Gasteiger partial charge on any atom is -0.396 e. The molecule has 1 amide bonds. The second-order valence-electron chi connectivity index (χ2n) is 3.57. The molecule has 0 aromatic carbocycles. The molecule has 0 atom stereocenters. The molecule has 2 N–H and O–H groups in total. The Morgan fingerprint density at radius 2 is 2.35 bits per heavy atom. The van der Waals surface area contributed by atoms with Crippen molar-refractivity contribution in [3.05, 3.63) is 21.9 Å². The van der Waals surface area contributed by atoms with Crippen LogP contribution < -0.4 is 5.32 Å². The van der Waals surface area contributed by atoms with Crippen LogP contribution in [0.15, 0.2) is 11.4 Å². The van der Waals surface area contributed by atoms with Crippen molar-refractivity contribution in [2.75, 3.05) is 24.7 Å². The maximum absolute atomic E-state index is 11.8. The summed E-state index contributed by atoms with van der Waals surface area (Å²) >= 11 is 3.26. The van der Waals surface area contributed by atoms with Gasteiger partial charge in [-0.05, 0) is 35.6 Å². The molecule has 3 nitrogen and oxygen atoms in total. The Morgan fingerprint density at radius 1 is 1.53 bits per heavy atom. The first kappa shape index (κ1) is 14.5. The quantitative estimate of drug-likeness (QED) is 0.714. The highest BCUT2D eigenvalue weighted by Gasteiger charge is 2.10. The minimum atomic E-state index is 0.0413. The van der Waals surface area contributed by atoms with Crippen LogP contribution in [0.3, 0.4) is 0 Å². The van der Waals surface area contributed by atoms with E-state index in [4.69, 9.17) is 5.11 Å². The zero-order valence-corrected chi connectivity index (χ0v) is 11.7. The summed E-state index contributed by atoms with van der Waals surface area (Å²) in [5.74, 6) is 1.89. The maximum Gasteiger partial charge on any atom is 0.261 e. The van der Waals surface area contributed by atoms with Gasteiger partial charge in [0.2, 0.25) is 0 Å². The van der Waals surface area contributed by atoms with Crippen LogP contribution in [0.2, 0.25) is 0 Å². The summed E-state index contributed by atoms with van der Waals surface area (Å²) in [5.41, 5.74) is 1.13. The van der Waals surface area contributed by atoms with Crippen molar-refractivity contribution < 1.29 is 9.90 Å². The number of thiophene rings is 1. The van der Waals surface area contributed by atoms with Gasteiger partial charge >= 0.3 is 0 Å². The molecule has 0 bridgehead atoms. The van der Waals surface area contributed by atoms with Gasteiger partial charge in [-0.1, -0.05) is 6.92 Å². The molecular weight excluding hydrogens is 254 g/mol. The lowest BCUT2D eigenvalue weighted by Crippen LogP contribution is -2.25. The number of hydrogen-bond acceptors (Lipinski definition) is 4. The van der Waals surface area contributed by atoms with Crippen molar-refractivity contribution in [1.29, 1.82) is 0 Å². The monoisotopic (exact) mass is 273 g/mol. The second kappa shape index (κ2) is 8.55. The molecule has 0 radical (unpaired) electrons. The summed E-state index contributed by atoms with van der Waals surface area (Å²) in [6, 6.07) is 2.01. The number of hydrogen-bond donors (Lipinski definition) is 2. The van der Waals surface area contributed by atoms with E-state index in [-0.39, 0.29) is 12.5 Å². The van der Waals surface area contributed by atoms with Crippen LogP contribution in [-0.4, -0.2) is 35.7 Å². The molecular formula is C12H19NO2S2. The van der Waals surface area contributed by atoms with Gasteiger partial charge < -0.3 is 10.4 Å². The molecule has 5 heteroatoms. The van der Waals surface area contributed by atoms with E-state index in [0.29, 0.717) is 6.54 Å². The standard InChI is InChI=1S/C12H19NO2S2/c1-2-10-4-8-17-11(10)12(15)13-5-9-16-7-3-6-14/h4,8,14H,2-3,5-7,9H2,1H3,(H,13,15). The van der Waals surface area contributed by atoms with E-state index in [9.17, 15) is 4.79 Å². The number of carbonyl (C=O) groups is 1. The first-order valence-electron chi connectivity index (χ1n) is 5.82. The largest absolute Gasteiger partial charge is 0.396 e. The molecule has 1 rings (SSSR count). The first-order chi connectivity index (χ1) is 8.29. The van der Waals surface area contributed by atoms with Crippen LogP contribution in [0.4, 0.5) is 0 Å². The predicted octanol–water partition coefficient (Wildman–Crippen LogP) is 2.16. The van der Waals surface area contributed by atoms with Crippen molar-refractivity contribution in [1.82, 2.24) is 5.32 Å². The summed E-state index contributed by atoms with van der Waals surface area (Å²) in [6.45, 7) is 2.99. The van der Waals surface area contributed by atoms with E-state index >= 15 is 0 Å². The Balaban J connectivity index is 2.21. The minimum absolute atomic E-state index is 0.0413. The number of rotatable bonds is 8. The van der Waals surface area contributed by atoms with Gasteiger partial charge in [0.1, 0.15) is 0 Å². The van der Waals surface area contributed by atoms with Crippen LogP contribution >= 0.6 is 23.1 Å². The lowest BCUT2D eigenvalue weighted by molar-refractivity contribution is 0.0959. The third-order valence-corrected chi connectivity index (χ3v) is 4.34. The van der Waals surface area contributed by atoms with Gasteiger partial charge in [-0.15, -0.1) is 11.3 Å². The Bertz CT molecular complexity index is 339. The molecule has 17 heavy (non-hydrogen) atoms. The molecule has 1 aromatic rings. The average Bonchev–Trinajstić information content (AvgIpc) is 2.81. The molecule has 0 aliphatic carbocycles. The predicted molar refractivity (Wildman–Crippen MR) is 75.1 cm³/mol. The summed E-state index contributed by atoms with van der Waals surface area (Å²) in [5, 5.41) is 13.5. The van der Waals surface area contributed by atoms with Gasteiger partial charge in [-0.25, -0.2) is 0 Å². The second-order valence-corrected chi connectivity index (χ2v) is 5.71. The number of nitrogens with one attached hydrogen (secondary N) is 1. The van der Waals surface area contributed by atoms with Gasteiger partial charge in [-0.2, -0.15) is 11.8 Å². The van der Waals surface area contributed by atoms with Crippen molar-refractivity contribution in [3.8, 4) is 0 Å². The molecule has 0 fully saturated rings. The smallest absolute Gasteiger partial charge is 0.261 e. The van der Waals surface area contributed by atoms with E-state index in [1.54, 1.807) is 11.8 Å². The highest BCUT2D eigenvalue weighted by atomic mass is 32.2. The van der Waals surface area contributed by atoms with Crippen LogP contribution in [-0.2, 0) is 6.42 Å². The van der Waals surface area contributed by atoms with E-state index in [0.717, 1.165) is 34.8 Å². The molecule has 96 valence electrons. The van der Waals surface area contributed by atoms with Crippen molar-refractivity contribution in [2.45, 2.75) is 19.8 Å². The van der Waals surface area contributed by atoms with Crippen molar-refractivity contribution in [2.24, 2.45) is 0 Å². The fourth-order valence-corrected chi connectivity index (χ4v) is 3.09. The number of amides is 1. The average molecular weight is 273 g/mol. The Morgan fingerprint density at radius 3 is 3.06 bits per heavy atom. The highest BCUT2D eigenvalue weighted by Crippen LogP contribution is 2.16. The van der Waals surface area contributed by atoms with E-state index in [1.807, 2.05) is 11.4 Å². The third kappa shape index (κ3) is 5.10. The van der Waals surface area contributed by atoms with Gasteiger partial charge in [0, 0.05) is 18.9 Å². The van der Waals surface area contributed by atoms with Gasteiger partial charge in [0.05, 0.1) is 4.88 Å². The van der Waals surface area contributed by atoms with Gasteiger partial charge in [0.15, 0.2) is 0 Å². The third-order valence-electron chi connectivity index (χ3n) is 2.31. The SMILES string of the molecule is CCc1ccsc1C(=O)NCCSCCCO. The molecule has 1 heterocycles. The molecule has 0 spiro atoms. The van der Waals surface area contributed by atoms with Crippen molar-refractivity contribution >= 4 is 29.0 Å². The Hall–Kier alpha value is -0.520. The van der Waals surface area contributed by atoms with Gasteiger partial charge in [0.25, 0.3) is 5.91 Å². The molecule has 0 aliphatic rings. The molecule has 0 aliphatic heterocycles. The zero-order chi connectivity index (χ0) is 12.5. The van der Waals surface area contributed by atoms with Crippen LogP contribution in [0.5, 0.6) is 0 Å². The number of aliphatic hydroxyl groups is 1. The number of aliphatic hydroxyl groups excluding tert-OH is 1. The van der Waals surface area contributed by atoms with E-state index in [1.165, 1.54) is 11.3 Å². The molecule has 0 saturated carbocycles.